The molecule has 0 saturated heterocycles. The van der Waals surface area contributed by atoms with Crippen LogP contribution in [0.15, 0.2) is 53.5 Å². The normalized spacial score (nSPS) is 11.2. The SMILES string of the molecule is Nc1ccc(/N=C/c2ccc([N+](=O)[O-])s2)c2ccccc12. The molecule has 0 aliphatic carbocycles. The summed E-state index contributed by atoms with van der Waals surface area (Å²) in [7, 11) is 0. The summed E-state index contributed by atoms with van der Waals surface area (Å²) in [6, 6.07) is 14.6. The first-order valence-corrected chi connectivity index (χ1v) is 7.02. The van der Waals surface area contributed by atoms with Gasteiger partial charge in [0.2, 0.25) is 0 Å². The molecule has 0 spiro atoms. The van der Waals surface area contributed by atoms with Crippen molar-refractivity contribution in [1.29, 1.82) is 0 Å². The molecule has 0 aliphatic heterocycles. The Bertz CT molecular complexity index is 855. The van der Waals surface area contributed by atoms with Crippen molar-refractivity contribution in [3.63, 3.8) is 0 Å². The fourth-order valence-corrected chi connectivity index (χ4v) is 2.76. The van der Waals surface area contributed by atoms with E-state index in [0.717, 1.165) is 32.7 Å². The summed E-state index contributed by atoms with van der Waals surface area (Å²) in [4.78, 5) is 15.4. The Kier molecular flexibility index (Phi) is 3.37. The second-order valence-electron chi connectivity index (χ2n) is 4.41. The number of nitrogen functional groups attached to an aromatic ring is 1. The van der Waals surface area contributed by atoms with Crippen LogP contribution in [0.5, 0.6) is 0 Å². The first kappa shape index (κ1) is 13.3. The van der Waals surface area contributed by atoms with Gasteiger partial charge in [0.1, 0.15) is 0 Å². The Morgan fingerprint density at radius 3 is 2.57 bits per heavy atom. The van der Waals surface area contributed by atoms with Crippen LogP contribution in [-0.4, -0.2) is 11.1 Å². The van der Waals surface area contributed by atoms with E-state index in [0.29, 0.717) is 5.69 Å². The molecular formula is C15H11N3O2S. The Balaban J connectivity index is 1.99. The summed E-state index contributed by atoms with van der Waals surface area (Å²) in [5.41, 5.74) is 7.44. The third-order valence-corrected chi connectivity index (χ3v) is 4.03. The van der Waals surface area contributed by atoms with Gasteiger partial charge in [-0.1, -0.05) is 35.6 Å². The summed E-state index contributed by atoms with van der Waals surface area (Å²) in [5, 5.41) is 12.7. The maximum Gasteiger partial charge on any atom is 0.324 e. The minimum Gasteiger partial charge on any atom is -0.398 e. The minimum absolute atomic E-state index is 0.110. The molecule has 5 nitrogen and oxygen atoms in total. The van der Waals surface area contributed by atoms with Crippen molar-refractivity contribution < 1.29 is 4.92 Å². The molecule has 0 saturated carbocycles. The summed E-state index contributed by atoms with van der Waals surface area (Å²) in [6.07, 6.45) is 1.63. The van der Waals surface area contributed by atoms with Crippen LogP contribution in [0.25, 0.3) is 10.8 Å². The second-order valence-corrected chi connectivity index (χ2v) is 5.50. The fraction of sp³-hybridized carbons (Fsp3) is 0. The van der Waals surface area contributed by atoms with E-state index < -0.39 is 4.92 Å². The maximum atomic E-state index is 10.7. The maximum absolute atomic E-state index is 10.7. The summed E-state index contributed by atoms with van der Waals surface area (Å²) < 4.78 is 0. The Labute approximate surface area is 124 Å². The van der Waals surface area contributed by atoms with Crippen LogP contribution in [0.1, 0.15) is 4.88 Å². The van der Waals surface area contributed by atoms with Crippen LogP contribution in [0.2, 0.25) is 0 Å². The molecule has 3 aromatic rings. The molecular weight excluding hydrogens is 286 g/mol. The number of hydrogen-bond donors (Lipinski definition) is 1. The van der Waals surface area contributed by atoms with Crippen LogP contribution < -0.4 is 5.73 Å². The number of rotatable bonds is 3. The van der Waals surface area contributed by atoms with Crippen molar-refractivity contribution in [2.75, 3.05) is 5.73 Å². The summed E-state index contributed by atoms with van der Waals surface area (Å²) >= 11 is 1.10. The number of thiophene rings is 1. The van der Waals surface area contributed by atoms with Gasteiger partial charge in [-0.15, -0.1) is 0 Å². The predicted octanol–water partition coefficient (Wildman–Crippen LogP) is 4.14. The smallest absolute Gasteiger partial charge is 0.324 e. The first-order chi connectivity index (χ1) is 10.1. The lowest BCUT2D eigenvalue weighted by Crippen LogP contribution is -1.86. The van der Waals surface area contributed by atoms with Gasteiger partial charge in [-0.3, -0.25) is 15.1 Å². The van der Waals surface area contributed by atoms with Gasteiger partial charge < -0.3 is 5.73 Å². The van der Waals surface area contributed by atoms with Crippen LogP contribution in [-0.2, 0) is 0 Å². The predicted molar refractivity (Wildman–Crippen MR) is 86.6 cm³/mol. The van der Waals surface area contributed by atoms with Gasteiger partial charge >= 0.3 is 5.00 Å². The molecule has 0 radical (unpaired) electrons. The van der Waals surface area contributed by atoms with Crippen molar-refractivity contribution in [2.45, 2.75) is 0 Å². The molecule has 1 aromatic heterocycles. The quantitative estimate of drug-likeness (QED) is 0.341. The molecule has 3 rings (SSSR count). The van der Waals surface area contributed by atoms with E-state index in [1.807, 2.05) is 36.4 Å². The molecule has 1 heterocycles. The number of aliphatic imine (C=N–C) groups is 1. The molecule has 2 N–H and O–H groups in total. The van der Waals surface area contributed by atoms with E-state index >= 15 is 0 Å². The average Bonchev–Trinajstić information content (AvgIpc) is 2.96. The summed E-state index contributed by atoms with van der Waals surface area (Å²) in [6.45, 7) is 0. The highest BCUT2D eigenvalue weighted by Crippen LogP contribution is 2.30. The van der Waals surface area contributed by atoms with Crippen molar-refractivity contribution in [3.8, 4) is 0 Å². The Morgan fingerprint density at radius 2 is 1.86 bits per heavy atom. The number of anilines is 1. The topological polar surface area (TPSA) is 81.5 Å². The van der Waals surface area contributed by atoms with E-state index in [1.165, 1.54) is 6.07 Å². The molecule has 6 heteroatoms. The van der Waals surface area contributed by atoms with Crippen molar-refractivity contribution in [2.24, 2.45) is 4.99 Å². The lowest BCUT2D eigenvalue weighted by atomic mass is 10.1. The number of nitrogens with zero attached hydrogens (tertiary/aromatic N) is 2. The van der Waals surface area contributed by atoms with Gasteiger partial charge in [0.15, 0.2) is 0 Å². The molecule has 0 atom stereocenters. The van der Waals surface area contributed by atoms with Crippen LogP contribution >= 0.6 is 11.3 Å². The number of fused-ring (bicyclic) bond motifs is 1. The standard InChI is InChI=1S/C15H11N3O2S/c16-13-6-7-14(12-4-2-1-3-11(12)13)17-9-10-5-8-15(21-10)18(19)20/h1-9H,16H2/b17-9+. The third kappa shape index (κ3) is 2.61. The van der Waals surface area contributed by atoms with E-state index in [1.54, 1.807) is 12.3 Å². The Morgan fingerprint density at radius 1 is 1.10 bits per heavy atom. The van der Waals surface area contributed by atoms with Gasteiger partial charge in [-0.25, -0.2) is 0 Å². The highest BCUT2D eigenvalue weighted by atomic mass is 32.1. The molecule has 0 unspecified atom stereocenters. The Hall–Kier alpha value is -2.73. The molecule has 21 heavy (non-hydrogen) atoms. The highest BCUT2D eigenvalue weighted by Gasteiger charge is 2.08. The molecule has 2 aromatic carbocycles. The first-order valence-electron chi connectivity index (χ1n) is 6.20. The van der Waals surface area contributed by atoms with Gasteiger partial charge in [0.25, 0.3) is 0 Å². The highest BCUT2D eigenvalue weighted by molar-refractivity contribution is 7.16. The van der Waals surface area contributed by atoms with Gasteiger partial charge in [-0.05, 0) is 18.2 Å². The number of nitrogens with two attached hydrogens (primary N) is 1. The molecule has 104 valence electrons. The molecule has 0 amide bonds. The molecule has 0 aliphatic rings. The van der Waals surface area contributed by atoms with Gasteiger partial charge in [0.05, 0.1) is 15.5 Å². The second kappa shape index (κ2) is 5.34. The number of benzene rings is 2. The van der Waals surface area contributed by atoms with Gasteiger partial charge in [0, 0.05) is 28.7 Å². The van der Waals surface area contributed by atoms with Gasteiger partial charge in [-0.2, -0.15) is 0 Å². The van der Waals surface area contributed by atoms with E-state index in [2.05, 4.69) is 4.99 Å². The van der Waals surface area contributed by atoms with E-state index in [-0.39, 0.29) is 5.00 Å². The minimum atomic E-state index is -0.402. The van der Waals surface area contributed by atoms with Crippen LogP contribution in [0.4, 0.5) is 16.4 Å². The third-order valence-electron chi connectivity index (χ3n) is 3.06. The molecule has 0 bridgehead atoms. The van der Waals surface area contributed by atoms with E-state index in [4.69, 9.17) is 5.73 Å². The monoisotopic (exact) mass is 297 g/mol. The number of nitro groups is 1. The fourth-order valence-electron chi connectivity index (χ4n) is 2.06. The van der Waals surface area contributed by atoms with Crippen LogP contribution in [0.3, 0.4) is 0 Å². The van der Waals surface area contributed by atoms with Crippen molar-refractivity contribution in [3.05, 3.63) is 63.5 Å². The zero-order valence-corrected chi connectivity index (χ0v) is 11.7. The zero-order chi connectivity index (χ0) is 14.8. The lowest BCUT2D eigenvalue weighted by molar-refractivity contribution is -0.380. The van der Waals surface area contributed by atoms with E-state index in [9.17, 15) is 10.1 Å². The van der Waals surface area contributed by atoms with Crippen molar-refractivity contribution >= 4 is 44.7 Å². The summed E-state index contributed by atoms with van der Waals surface area (Å²) in [5.74, 6) is 0. The largest absolute Gasteiger partial charge is 0.398 e. The average molecular weight is 297 g/mol. The molecule has 0 fully saturated rings. The van der Waals surface area contributed by atoms with Crippen LogP contribution in [0, 0.1) is 10.1 Å². The zero-order valence-electron chi connectivity index (χ0n) is 10.9. The number of hydrogen-bond acceptors (Lipinski definition) is 5. The lowest BCUT2D eigenvalue weighted by Gasteiger charge is -2.04. The van der Waals surface area contributed by atoms with Crippen molar-refractivity contribution in [1.82, 2.24) is 0 Å².